The second-order valence-electron chi connectivity index (χ2n) is 7.15. The summed E-state index contributed by atoms with van der Waals surface area (Å²) in [4.78, 5) is 22.7. The SMILES string of the molecule is CCNC(=NCCc1cccc(C(=O)N(C)C)c1)NC1CCc2ncnn2C1. The van der Waals surface area contributed by atoms with E-state index in [9.17, 15) is 4.79 Å². The van der Waals surface area contributed by atoms with Crippen LogP contribution in [0.3, 0.4) is 0 Å². The van der Waals surface area contributed by atoms with Crippen molar-refractivity contribution in [3.63, 3.8) is 0 Å². The second kappa shape index (κ2) is 9.34. The van der Waals surface area contributed by atoms with E-state index in [1.807, 2.05) is 28.9 Å². The Kier molecular flexibility index (Phi) is 6.62. The van der Waals surface area contributed by atoms with Crippen LogP contribution in [0.5, 0.6) is 0 Å². The number of amides is 1. The molecule has 0 spiro atoms. The van der Waals surface area contributed by atoms with Crippen LogP contribution >= 0.6 is 0 Å². The molecule has 1 aromatic heterocycles. The fourth-order valence-corrected chi connectivity index (χ4v) is 3.28. The molecule has 2 aromatic rings. The van der Waals surface area contributed by atoms with Crippen LogP contribution in [-0.2, 0) is 19.4 Å². The summed E-state index contributed by atoms with van der Waals surface area (Å²) >= 11 is 0. The molecule has 3 rings (SSSR count). The third-order valence-corrected chi connectivity index (χ3v) is 4.74. The summed E-state index contributed by atoms with van der Waals surface area (Å²) in [5.74, 6) is 1.88. The van der Waals surface area contributed by atoms with Gasteiger partial charge in [0, 0.05) is 45.2 Å². The van der Waals surface area contributed by atoms with Crippen LogP contribution in [0.1, 0.15) is 35.1 Å². The van der Waals surface area contributed by atoms with Crippen LogP contribution in [0.15, 0.2) is 35.6 Å². The lowest BCUT2D eigenvalue weighted by molar-refractivity contribution is 0.0827. The van der Waals surface area contributed by atoms with Crippen LogP contribution in [0.4, 0.5) is 0 Å². The standard InChI is InChI=1S/C20H29N7O/c1-4-21-20(25-17-8-9-18-23-14-24-27(18)13-17)22-11-10-15-6-5-7-16(12-15)19(28)26(2)3/h5-7,12,14,17H,4,8-11,13H2,1-3H3,(H2,21,22,25). The summed E-state index contributed by atoms with van der Waals surface area (Å²) in [6, 6.07) is 8.05. The Bertz CT molecular complexity index is 827. The quantitative estimate of drug-likeness (QED) is 0.576. The Morgan fingerprint density at radius 3 is 3.04 bits per heavy atom. The number of carbonyl (C=O) groups excluding carboxylic acids is 1. The molecule has 2 heterocycles. The molecule has 28 heavy (non-hydrogen) atoms. The zero-order valence-electron chi connectivity index (χ0n) is 16.9. The molecule has 1 unspecified atom stereocenters. The van der Waals surface area contributed by atoms with Crippen molar-refractivity contribution in [2.45, 2.75) is 38.8 Å². The first-order valence-electron chi connectivity index (χ1n) is 9.79. The lowest BCUT2D eigenvalue weighted by Gasteiger charge is -2.25. The Morgan fingerprint density at radius 2 is 2.25 bits per heavy atom. The molecule has 8 nitrogen and oxygen atoms in total. The van der Waals surface area contributed by atoms with Crippen molar-refractivity contribution in [1.29, 1.82) is 0 Å². The number of hydrogen-bond donors (Lipinski definition) is 2. The molecule has 1 atom stereocenters. The van der Waals surface area contributed by atoms with E-state index >= 15 is 0 Å². The number of guanidine groups is 1. The number of aryl methyl sites for hydroxylation is 1. The second-order valence-corrected chi connectivity index (χ2v) is 7.15. The van der Waals surface area contributed by atoms with Gasteiger partial charge in [0.25, 0.3) is 5.91 Å². The number of benzene rings is 1. The fraction of sp³-hybridized carbons (Fsp3) is 0.500. The van der Waals surface area contributed by atoms with Gasteiger partial charge in [-0.15, -0.1) is 0 Å². The van der Waals surface area contributed by atoms with Gasteiger partial charge in [0.1, 0.15) is 12.2 Å². The number of aliphatic imine (C=N–C) groups is 1. The normalized spacial score (nSPS) is 16.4. The van der Waals surface area contributed by atoms with Gasteiger partial charge in [0.2, 0.25) is 0 Å². The first kappa shape index (κ1) is 19.9. The van der Waals surface area contributed by atoms with E-state index < -0.39 is 0 Å². The van der Waals surface area contributed by atoms with Gasteiger partial charge in [-0.2, -0.15) is 5.10 Å². The van der Waals surface area contributed by atoms with Gasteiger partial charge >= 0.3 is 0 Å². The van der Waals surface area contributed by atoms with E-state index in [-0.39, 0.29) is 11.9 Å². The largest absolute Gasteiger partial charge is 0.357 e. The highest BCUT2D eigenvalue weighted by Gasteiger charge is 2.20. The summed E-state index contributed by atoms with van der Waals surface area (Å²) in [7, 11) is 3.53. The molecule has 0 aliphatic carbocycles. The van der Waals surface area contributed by atoms with Gasteiger partial charge in [0.15, 0.2) is 5.96 Å². The van der Waals surface area contributed by atoms with Crippen molar-refractivity contribution < 1.29 is 4.79 Å². The zero-order chi connectivity index (χ0) is 19.9. The van der Waals surface area contributed by atoms with E-state index in [1.165, 1.54) is 0 Å². The lowest BCUT2D eigenvalue weighted by atomic mass is 10.1. The van der Waals surface area contributed by atoms with Crippen molar-refractivity contribution in [1.82, 2.24) is 30.3 Å². The predicted octanol–water partition coefficient (Wildman–Crippen LogP) is 1.09. The van der Waals surface area contributed by atoms with E-state index in [0.717, 1.165) is 49.7 Å². The number of carbonyl (C=O) groups is 1. The van der Waals surface area contributed by atoms with E-state index in [1.54, 1.807) is 25.3 Å². The monoisotopic (exact) mass is 383 g/mol. The first-order chi connectivity index (χ1) is 13.6. The molecule has 8 heteroatoms. The summed E-state index contributed by atoms with van der Waals surface area (Å²) in [6.07, 6.45) is 4.33. The van der Waals surface area contributed by atoms with Gasteiger partial charge in [0.05, 0.1) is 6.54 Å². The highest BCUT2D eigenvalue weighted by Crippen LogP contribution is 2.11. The Balaban J connectivity index is 1.58. The minimum Gasteiger partial charge on any atom is -0.357 e. The van der Waals surface area contributed by atoms with Crippen LogP contribution in [-0.4, -0.2) is 64.8 Å². The van der Waals surface area contributed by atoms with E-state index in [0.29, 0.717) is 12.1 Å². The van der Waals surface area contributed by atoms with Crippen LogP contribution in [0, 0.1) is 0 Å². The van der Waals surface area contributed by atoms with Crippen molar-refractivity contribution in [3.8, 4) is 0 Å². The molecule has 0 radical (unpaired) electrons. The Hall–Kier alpha value is -2.90. The molecule has 1 amide bonds. The number of hydrogen-bond acceptors (Lipinski definition) is 4. The topological polar surface area (TPSA) is 87.4 Å². The highest BCUT2D eigenvalue weighted by molar-refractivity contribution is 5.94. The summed E-state index contributed by atoms with van der Waals surface area (Å²) in [5.41, 5.74) is 1.82. The minimum atomic E-state index is 0.0186. The number of fused-ring (bicyclic) bond motifs is 1. The first-order valence-corrected chi connectivity index (χ1v) is 9.79. The van der Waals surface area contributed by atoms with Crippen molar-refractivity contribution in [2.75, 3.05) is 27.2 Å². The highest BCUT2D eigenvalue weighted by atomic mass is 16.2. The number of nitrogens with one attached hydrogen (secondary N) is 2. The van der Waals surface area contributed by atoms with Crippen molar-refractivity contribution >= 4 is 11.9 Å². The van der Waals surface area contributed by atoms with E-state index in [4.69, 9.17) is 4.99 Å². The van der Waals surface area contributed by atoms with Crippen LogP contribution in [0.2, 0.25) is 0 Å². The predicted molar refractivity (Wildman–Crippen MR) is 109 cm³/mol. The van der Waals surface area contributed by atoms with Crippen molar-refractivity contribution in [3.05, 3.63) is 47.5 Å². The number of nitrogens with zero attached hydrogens (tertiary/aromatic N) is 5. The zero-order valence-corrected chi connectivity index (χ0v) is 16.9. The molecule has 0 fully saturated rings. The molecular weight excluding hydrogens is 354 g/mol. The average Bonchev–Trinajstić information content (AvgIpc) is 3.15. The fourth-order valence-electron chi connectivity index (χ4n) is 3.28. The summed E-state index contributed by atoms with van der Waals surface area (Å²) in [5, 5.41) is 11.1. The molecular formula is C20H29N7O. The average molecular weight is 384 g/mol. The lowest BCUT2D eigenvalue weighted by Crippen LogP contribution is -2.47. The number of rotatable bonds is 6. The molecule has 0 saturated heterocycles. The molecule has 150 valence electrons. The molecule has 2 N–H and O–H groups in total. The van der Waals surface area contributed by atoms with Gasteiger partial charge < -0.3 is 15.5 Å². The minimum absolute atomic E-state index is 0.0186. The third kappa shape index (κ3) is 5.09. The number of aromatic nitrogens is 3. The van der Waals surface area contributed by atoms with Gasteiger partial charge in [-0.25, -0.2) is 9.67 Å². The maximum absolute atomic E-state index is 12.1. The maximum Gasteiger partial charge on any atom is 0.253 e. The van der Waals surface area contributed by atoms with E-state index in [2.05, 4.69) is 27.6 Å². The van der Waals surface area contributed by atoms with Gasteiger partial charge in [-0.3, -0.25) is 9.79 Å². The molecule has 0 bridgehead atoms. The Labute approximate surface area is 166 Å². The Morgan fingerprint density at radius 1 is 1.39 bits per heavy atom. The molecule has 1 aromatic carbocycles. The van der Waals surface area contributed by atoms with Crippen LogP contribution in [0.25, 0.3) is 0 Å². The maximum atomic E-state index is 12.1. The smallest absolute Gasteiger partial charge is 0.253 e. The van der Waals surface area contributed by atoms with Crippen LogP contribution < -0.4 is 10.6 Å². The summed E-state index contributed by atoms with van der Waals surface area (Å²) in [6.45, 7) is 4.31. The summed E-state index contributed by atoms with van der Waals surface area (Å²) < 4.78 is 1.96. The van der Waals surface area contributed by atoms with Gasteiger partial charge in [-0.1, -0.05) is 12.1 Å². The molecule has 1 aliphatic rings. The van der Waals surface area contributed by atoms with Crippen molar-refractivity contribution in [2.24, 2.45) is 4.99 Å². The van der Waals surface area contributed by atoms with Gasteiger partial charge in [-0.05, 0) is 37.5 Å². The molecule has 0 saturated carbocycles. The third-order valence-electron chi connectivity index (χ3n) is 4.74. The molecule has 1 aliphatic heterocycles.